The molecule has 0 radical (unpaired) electrons. The Labute approximate surface area is 204 Å². The summed E-state index contributed by atoms with van der Waals surface area (Å²) >= 11 is 0. The van der Waals surface area contributed by atoms with Gasteiger partial charge in [0, 0.05) is 35.6 Å². The van der Waals surface area contributed by atoms with E-state index >= 15 is 0 Å². The zero-order valence-corrected chi connectivity index (χ0v) is 20.0. The van der Waals surface area contributed by atoms with Crippen molar-refractivity contribution in [3.05, 3.63) is 66.1 Å². The fourth-order valence-corrected chi connectivity index (χ4v) is 4.66. The SMILES string of the molecule is CCc1cc(O)ccc1/N=C(\N)c1cnn2cc(-c3ccc(OC)nc3)cc2c1NC1CCCC1. The summed E-state index contributed by atoms with van der Waals surface area (Å²) in [6.45, 7) is 2.03. The van der Waals surface area contributed by atoms with Gasteiger partial charge >= 0.3 is 0 Å². The summed E-state index contributed by atoms with van der Waals surface area (Å²) in [6.07, 6.45) is 11.0. The van der Waals surface area contributed by atoms with Crippen molar-refractivity contribution in [1.82, 2.24) is 14.6 Å². The molecule has 4 aromatic rings. The van der Waals surface area contributed by atoms with E-state index in [1.165, 1.54) is 12.8 Å². The van der Waals surface area contributed by atoms with Crippen molar-refractivity contribution in [2.75, 3.05) is 12.4 Å². The van der Waals surface area contributed by atoms with Crippen LogP contribution in [0.4, 0.5) is 11.4 Å². The Morgan fingerprint density at radius 2 is 2.00 bits per heavy atom. The van der Waals surface area contributed by atoms with Crippen LogP contribution in [0.3, 0.4) is 0 Å². The van der Waals surface area contributed by atoms with Crippen LogP contribution in [0.15, 0.2) is 60.0 Å². The van der Waals surface area contributed by atoms with E-state index in [0.29, 0.717) is 17.8 Å². The number of methoxy groups -OCH3 is 1. The molecule has 0 unspecified atom stereocenters. The summed E-state index contributed by atoms with van der Waals surface area (Å²) in [6, 6.07) is 11.5. The Kier molecular flexibility index (Phi) is 6.27. The second-order valence-electron chi connectivity index (χ2n) is 8.87. The molecule has 180 valence electrons. The maximum Gasteiger partial charge on any atom is 0.212 e. The molecule has 4 N–H and O–H groups in total. The molecule has 0 atom stereocenters. The molecule has 8 heteroatoms. The van der Waals surface area contributed by atoms with Crippen molar-refractivity contribution >= 4 is 22.7 Å². The number of aromatic hydroxyl groups is 1. The maximum atomic E-state index is 9.85. The van der Waals surface area contributed by atoms with Gasteiger partial charge in [0.15, 0.2) is 0 Å². The highest BCUT2D eigenvalue weighted by molar-refractivity contribution is 6.06. The molecule has 0 saturated heterocycles. The van der Waals surface area contributed by atoms with Gasteiger partial charge in [-0.1, -0.05) is 19.8 Å². The van der Waals surface area contributed by atoms with Crippen molar-refractivity contribution in [3.63, 3.8) is 0 Å². The zero-order chi connectivity index (χ0) is 24.4. The first-order valence-corrected chi connectivity index (χ1v) is 12.0. The molecule has 0 aliphatic heterocycles. The molecule has 3 aromatic heterocycles. The van der Waals surface area contributed by atoms with E-state index in [-0.39, 0.29) is 5.75 Å². The van der Waals surface area contributed by atoms with Gasteiger partial charge in [-0.25, -0.2) is 14.5 Å². The van der Waals surface area contributed by atoms with Gasteiger partial charge in [0.05, 0.1) is 35.8 Å². The monoisotopic (exact) mass is 470 g/mol. The summed E-state index contributed by atoms with van der Waals surface area (Å²) < 4.78 is 7.06. The first-order chi connectivity index (χ1) is 17.1. The van der Waals surface area contributed by atoms with Crippen LogP contribution in [0.25, 0.3) is 16.6 Å². The number of amidine groups is 1. The summed E-state index contributed by atoms with van der Waals surface area (Å²) in [5, 5.41) is 18.2. The van der Waals surface area contributed by atoms with Crippen molar-refractivity contribution < 1.29 is 9.84 Å². The number of rotatable bonds is 7. The minimum absolute atomic E-state index is 0.222. The van der Waals surface area contributed by atoms with Gasteiger partial charge in [-0.2, -0.15) is 5.10 Å². The van der Waals surface area contributed by atoms with Gasteiger partial charge in [0.1, 0.15) is 11.6 Å². The summed E-state index contributed by atoms with van der Waals surface area (Å²) in [5.41, 5.74) is 12.9. The van der Waals surface area contributed by atoms with Gasteiger partial charge in [-0.05, 0) is 55.2 Å². The first-order valence-electron chi connectivity index (χ1n) is 12.0. The number of nitrogens with zero attached hydrogens (tertiary/aromatic N) is 4. The number of pyridine rings is 1. The van der Waals surface area contributed by atoms with E-state index in [2.05, 4.69) is 21.5 Å². The number of nitrogens with two attached hydrogens (primary N) is 1. The van der Waals surface area contributed by atoms with Crippen LogP contribution in [0.2, 0.25) is 0 Å². The van der Waals surface area contributed by atoms with E-state index in [0.717, 1.165) is 58.4 Å². The maximum absolute atomic E-state index is 9.85. The average molecular weight is 471 g/mol. The molecule has 8 nitrogen and oxygen atoms in total. The number of anilines is 1. The third-order valence-electron chi connectivity index (χ3n) is 6.58. The third kappa shape index (κ3) is 4.64. The highest BCUT2D eigenvalue weighted by atomic mass is 16.5. The number of fused-ring (bicyclic) bond motifs is 1. The van der Waals surface area contributed by atoms with Crippen molar-refractivity contribution in [1.29, 1.82) is 0 Å². The average Bonchev–Trinajstić information content (AvgIpc) is 3.55. The quantitative estimate of drug-likeness (QED) is 0.257. The predicted octanol–water partition coefficient (Wildman–Crippen LogP) is 5.06. The van der Waals surface area contributed by atoms with Crippen LogP contribution < -0.4 is 15.8 Å². The topological polar surface area (TPSA) is 110 Å². The lowest BCUT2D eigenvalue weighted by molar-refractivity contribution is 0.398. The number of hydrogen-bond acceptors (Lipinski definition) is 6. The van der Waals surface area contributed by atoms with Gasteiger partial charge in [0.25, 0.3) is 0 Å². The minimum Gasteiger partial charge on any atom is -0.508 e. The first kappa shape index (κ1) is 22.7. The molecular weight excluding hydrogens is 440 g/mol. The number of aromatic nitrogens is 3. The number of phenols is 1. The lowest BCUT2D eigenvalue weighted by atomic mass is 10.1. The molecule has 1 saturated carbocycles. The van der Waals surface area contributed by atoms with E-state index in [9.17, 15) is 5.11 Å². The van der Waals surface area contributed by atoms with E-state index in [1.54, 1.807) is 37.7 Å². The lowest BCUT2D eigenvalue weighted by Crippen LogP contribution is -2.22. The molecule has 0 spiro atoms. The van der Waals surface area contributed by atoms with Gasteiger partial charge in [-0.3, -0.25) is 0 Å². The number of hydrogen-bond donors (Lipinski definition) is 3. The zero-order valence-electron chi connectivity index (χ0n) is 20.0. The normalized spacial score (nSPS) is 14.5. The van der Waals surface area contributed by atoms with Gasteiger partial charge in [-0.15, -0.1) is 0 Å². The third-order valence-corrected chi connectivity index (χ3v) is 6.58. The molecule has 3 heterocycles. The summed E-state index contributed by atoms with van der Waals surface area (Å²) in [5.74, 6) is 1.18. The van der Waals surface area contributed by atoms with Crippen LogP contribution in [0.1, 0.15) is 43.7 Å². The highest BCUT2D eigenvalue weighted by Gasteiger charge is 2.21. The number of phenolic OH excluding ortho intramolecular Hbond substituents is 1. The van der Waals surface area contributed by atoms with E-state index in [1.807, 2.05) is 29.8 Å². The molecule has 0 amide bonds. The Bertz CT molecular complexity index is 1370. The highest BCUT2D eigenvalue weighted by Crippen LogP contribution is 2.32. The second kappa shape index (κ2) is 9.66. The fourth-order valence-electron chi connectivity index (χ4n) is 4.66. The summed E-state index contributed by atoms with van der Waals surface area (Å²) in [7, 11) is 1.61. The number of benzene rings is 1. The lowest BCUT2D eigenvalue weighted by Gasteiger charge is -2.18. The molecular formula is C27H30N6O2. The smallest absolute Gasteiger partial charge is 0.212 e. The van der Waals surface area contributed by atoms with Gasteiger partial charge in [0.2, 0.25) is 5.88 Å². The minimum atomic E-state index is 0.222. The molecule has 5 rings (SSSR count). The van der Waals surface area contributed by atoms with Crippen LogP contribution >= 0.6 is 0 Å². The van der Waals surface area contributed by atoms with Crippen LogP contribution in [-0.2, 0) is 6.42 Å². The van der Waals surface area contributed by atoms with Crippen LogP contribution in [0, 0.1) is 0 Å². The molecule has 1 aliphatic rings. The predicted molar refractivity (Wildman–Crippen MR) is 139 cm³/mol. The summed E-state index contributed by atoms with van der Waals surface area (Å²) in [4.78, 5) is 9.08. The van der Waals surface area contributed by atoms with Crippen LogP contribution in [-0.4, -0.2) is 38.7 Å². The number of ether oxygens (including phenoxy) is 1. The Morgan fingerprint density at radius 1 is 1.17 bits per heavy atom. The Balaban J connectivity index is 1.60. The largest absolute Gasteiger partial charge is 0.508 e. The molecule has 1 aromatic carbocycles. The molecule has 0 bridgehead atoms. The Hall–Kier alpha value is -4.07. The number of aliphatic imine (C=N–C) groups is 1. The van der Waals surface area contributed by atoms with E-state index in [4.69, 9.17) is 15.5 Å². The second-order valence-corrected chi connectivity index (χ2v) is 8.87. The molecule has 1 fully saturated rings. The van der Waals surface area contributed by atoms with Crippen molar-refractivity contribution in [2.45, 2.75) is 45.1 Å². The Morgan fingerprint density at radius 3 is 2.71 bits per heavy atom. The van der Waals surface area contributed by atoms with Crippen LogP contribution in [0.5, 0.6) is 11.6 Å². The number of nitrogens with one attached hydrogen (secondary N) is 1. The molecule has 1 aliphatic carbocycles. The van der Waals surface area contributed by atoms with Gasteiger partial charge < -0.3 is 20.9 Å². The number of aryl methyl sites for hydroxylation is 1. The fraction of sp³-hybridized carbons (Fsp3) is 0.296. The standard InChI is InChI=1S/C27H30N6O2/c1-3-17-12-21(34)9-10-23(17)32-27(28)22-15-30-33-16-19(18-8-11-25(35-2)29-14-18)13-24(33)26(22)31-20-6-4-5-7-20/h8-16,20,31,34H,3-7H2,1-2H3,(H2,28,32). The van der Waals surface area contributed by atoms with Crippen molar-refractivity contribution in [3.8, 4) is 22.8 Å². The molecule has 35 heavy (non-hydrogen) atoms. The van der Waals surface area contributed by atoms with E-state index < -0.39 is 0 Å². The van der Waals surface area contributed by atoms with Crippen molar-refractivity contribution in [2.24, 2.45) is 10.7 Å².